The Hall–Kier alpha value is -3.08. The second-order valence-electron chi connectivity index (χ2n) is 6.88. The van der Waals surface area contributed by atoms with Gasteiger partial charge in [0.05, 0.1) is 6.04 Å². The highest BCUT2D eigenvalue weighted by atomic mass is 16.3. The lowest BCUT2D eigenvalue weighted by atomic mass is 10.1. The van der Waals surface area contributed by atoms with E-state index in [1.54, 1.807) is 0 Å². The Kier molecular flexibility index (Phi) is 4.44. The number of hydrogen-bond donors (Lipinski definition) is 0. The third kappa shape index (κ3) is 3.10. The summed E-state index contributed by atoms with van der Waals surface area (Å²) < 4.78 is 7.95. The van der Waals surface area contributed by atoms with Crippen molar-refractivity contribution in [2.75, 3.05) is 6.54 Å². The molecule has 0 aliphatic carbocycles. The zero-order chi connectivity index (χ0) is 19.0. The number of fused-ring (bicyclic) bond motifs is 2. The van der Waals surface area contributed by atoms with Crippen molar-refractivity contribution in [1.29, 1.82) is 0 Å². The number of nitrogens with zero attached hydrogens (tertiary/aromatic N) is 3. The van der Waals surface area contributed by atoms with Gasteiger partial charge < -0.3 is 13.7 Å². The average Bonchev–Trinajstić information content (AvgIpc) is 3.30. The van der Waals surface area contributed by atoms with Crippen molar-refractivity contribution in [2.24, 2.45) is 0 Å². The van der Waals surface area contributed by atoms with Gasteiger partial charge in [-0.15, -0.1) is 0 Å². The zero-order valence-corrected chi connectivity index (χ0v) is 15.8. The first-order valence-electron chi connectivity index (χ1n) is 9.32. The molecule has 27 heavy (non-hydrogen) atoms. The monoisotopic (exact) mass is 361 g/mol. The molecule has 1 amide bonds. The van der Waals surface area contributed by atoms with Crippen LogP contribution in [0.5, 0.6) is 0 Å². The number of benzene rings is 1. The van der Waals surface area contributed by atoms with Crippen molar-refractivity contribution < 1.29 is 9.21 Å². The Balaban J connectivity index is 1.69. The first-order chi connectivity index (χ1) is 13.1. The second-order valence-corrected chi connectivity index (χ2v) is 6.88. The molecule has 1 atom stereocenters. The molecular weight excluding hydrogens is 338 g/mol. The summed E-state index contributed by atoms with van der Waals surface area (Å²) in [6.45, 7) is 6.72. The van der Waals surface area contributed by atoms with Gasteiger partial charge in [-0.2, -0.15) is 0 Å². The van der Waals surface area contributed by atoms with E-state index in [1.807, 2.05) is 77.9 Å². The molecular formula is C22H23N3O2. The fourth-order valence-electron chi connectivity index (χ4n) is 3.47. The normalized spacial score (nSPS) is 12.6. The van der Waals surface area contributed by atoms with Crippen LogP contribution in [-0.4, -0.2) is 26.7 Å². The largest absolute Gasteiger partial charge is 0.459 e. The number of hydrogen-bond acceptors (Lipinski definition) is 3. The quantitative estimate of drug-likeness (QED) is 0.502. The van der Waals surface area contributed by atoms with Crippen molar-refractivity contribution in [2.45, 2.75) is 33.2 Å². The maximum Gasteiger partial charge on any atom is 0.274 e. The summed E-state index contributed by atoms with van der Waals surface area (Å²) in [7, 11) is 0. The first kappa shape index (κ1) is 17.3. The molecule has 3 heterocycles. The van der Waals surface area contributed by atoms with E-state index in [1.165, 1.54) is 0 Å². The van der Waals surface area contributed by atoms with Crippen LogP contribution in [0.1, 0.15) is 48.3 Å². The number of furan rings is 1. The van der Waals surface area contributed by atoms with Crippen LogP contribution < -0.4 is 0 Å². The van der Waals surface area contributed by atoms with E-state index >= 15 is 0 Å². The summed E-state index contributed by atoms with van der Waals surface area (Å²) in [5.41, 5.74) is 3.13. The van der Waals surface area contributed by atoms with Crippen LogP contribution in [0.2, 0.25) is 0 Å². The molecule has 4 aromatic rings. The van der Waals surface area contributed by atoms with E-state index in [0.29, 0.717) is 12.2 Å². The molecule has 5 heteroatoms. The Labute approximate surface area is 158 Å². The van der Waals surface area contributed by atoms with Crippen molar-refractivity contribution in [3.63, 3.8) is 0 Å². The smallest absolute Gasteiger partial charge is 0.274 e. The number of aromatic nitrogens is 2. The lowest BCUT2D eigenvalue weighted by molar-refractivity contribution is 0.0667. The maximum absolute atomic E-state index is 13.3. The van der Waals surface area contributed by atoms with Gasteiger partial charge in [0.2, 0.25) is 0 Å². The van der Waals surface area contributed by atoms with E-state index in [0.717, 1.165) is 34.5 Å². The van der Waals surface area contributed by atoms with Crippen molar-refractivity contribution in [3.05, 3.63) is 71.9 Å². The van der Waals surface area contributed by atoms with E-state index in [2.05, 4.69) is 11.9 Å². The third-order valence-corrected chi connectivity index (χ3v) is 4.96. The third-order valence-electron chi connectivity index (χ3n) is 4.96. The molecule has 4 rings (SSSR count). The number of para-hydroxylation sites is 1. The molecule has 0 saturated heterocycles. The molecule has 5 nitrogen and oxygen atoms in total. The Morgan fingerprint density at radius 1 is 1.22 bits per heavy atom. The number of imidazole rings is 1. The summed E-state index contributed by atoms with van der Waals surface area (Å²) in [4.78, 5) is 19.6. The van der Waals surface area contributed by atoms with Gasteiger partial charge in [0.1, 0.15) is 22.7 Å². The van der Waals surface area contributed by atoms with Crippen LogP contribution in [0.25, 0.3) is 16.6 Å². The Bertz CT molecular complexity index is 1080. The highest BCUT2D eigenvalue weighted by molar-refractivity contribution is 5.93. The molecule has 0 unspecified atom stereocenters. The number of aryl methyl sites for hydroxylation is 1. The fraction of sp³-hybridized carbons (Fsp3) is 0.273. The molecule has 0 N–H and O–H groups in total. The lowest BCUT2D eigenvalue weighted by Gasteiger charge is -2.26. The fourth-order valence-corrected chi connectivity index (χ4v) is 3.47. The second kappa shape index (κ2) is 6.91. The van der Waals surface area contributed by atoms with Crippen LogP contribution in [-0.2, 0) is 0 Å². The van der Waals surface area contributed by atoms with Crippen LogP contribution in [0.3, 0.4) is 0 Å². The van der Waals surface area contributed by atoms with E-state index in [-0.39, 0.29) is 11.9 Å². The van der Waals surface area contributed by atoms with Crippen LogP contribution >= 0.6 is 0 Å². The van der Waals surface area contributed by atoms with Gasteiger partial charge in [-0.25, -0.2) is 4.98 Å². The zero-order valence-electron chi connectivity index (χ0n) is 15.8. The van der Waals surface area contributed by atoms with Crippen molar-refractivity contribution >= 4 is 22.5 Å². The molecule has 0 spiro atoms. The Morgan fingerprint density at radius 3 is 2.78 bits per heavy atom. The summed E-state index contributed by atoms with van der Waals surface area (Å²) in [6.07, 6.45) is 2.68. The minimum Gasteiger partial charge on any atom is -0.459 e. The lowest BCUT2D eigenvalue weighted by Crippen LogP contribution is -2.34. The van der Waals surface area contributed by atoms with Crippen molar-refractivity contribution in [1.82, 2.24) is 14.3 Å². The summed E-state index contributed by atoms with van der Waals surface area (Å²) in [5, 5.41) is 1.05. The highest BCUT2D eigenvalue weighted by Crippen LogP contribution is 2.28. The number of rotatable bonds is 5. The summed E-state index contributed by atoms with van der Waals surface area (Å²) >= 11 is 0. The van der Waals surface area contributed by atoms with Crippen LogP contribution in [0, 0.1) is 6.92 Å². The van der Waals surface area contributed by atoms with Crippen LogP contribution in [0.15, 0.2) is 59.1 Å². The molecule has 138 valence electrons. The molecule has 0 aliphatic heterocycles. The first-order valence-corrected chi connectivity index (χ1v) is 9.32. The Morgan fingerprint density at radius 2 is 2.04 bits per heavy atom. The number of amides is 1. The van der Waals surface area contributed by atoms with Gasteiger partial charge >= 0.3 is 0 Å². The molecule has 0 fully saturated rings. The minimum atomic E-state index is -0.171. The van der Waals surface area contributed by atoms with Gasteiger partial charge in [-0.05, 0) is 44.5 Å². The highest BCUT2D eigenvalue weighted by Gasteiger charge is 2.26. The van der Waals surface area contributed by atoms with E-state index in [9.17, 15) is 4.79 Å². The van der Waals surface area contributed by atoms with Gasteiger partial charge in [-0.3, -0.25) is 4.79 Å². The predicted octanol–water partition coefficient (Wildman–Crippen LogP) is 5.00. The van der Waals surface area contributed by atoms with E-state index in [4.69, 9.17) is 4.42 Å². The SMILES string of the molecule is CCCN(C(=O)c1cn2c(C)cccc2n1)[C@H](C)c1cc2ccccc2o1. The summed E-state index contributed by atoms with van der Waals surface area (Å²) in [6, 6.07) is 15.6. The number of carbonyl (C=O) groups is 1. The van der Waals surface area contributed by atoms with Gasteiger partial charge in [0, 0.05) is 23.8 Å². The summed E-state index contributed by atoms with van der Waals surface area (Å²) in [5.74, 6) is 0.714. The van der Waals surface area contributed by atoms with Gasteiger partial charge in [0.15, 0.2) is 0 Å². The average molecular weight is 361 g/mol. The maximum atomic E-state index is 13.3. The molecule has 0 bridgehead atoms. The standard InChI is InChI=1S/C22H23N3O2/c1-4-12-24(16(3)20-13-17-9-5-6-10-19(17)27-20)22(26)18-14-25-15(2)8-7-11-21(25)23-18/h5-11,13-14,16H,4,12H2,1-3H3/t16-/m1/s1. The topological polar surface area (TPSA) is 50.8 Å². The molecule has 0 aliphatic rings. The number of pyridine rings is 1. The van der Waals surface area contributed by atoms with Crippen LogP contribution in [0.4, 0.5) is 0 Å². The minimum absolute atomic E-state index is 0.0760. The molecule has 3 aromatic heterocycles. The number of carbonyl (C=O) groups excluding carboxylic acids is 1. The molecule has 0 saturated carbocycles. The van der Waals surface area contributed by atoms with Gasteiger partial charge in [-0.1, -0.05) is 31.2 Å². The predicted molar refractivity (Wildman–Crippen MR) is 106 cm³/mol. The van der Waals surface area contributed by atoms with Crippen molar-refractivity contribution in [3.8, 4) is 0 Å². The van der Waals surface area contributed by atoms with E-state index < -0.39 is 0 Å². The molecule has 1 aromatic carbocycles. The van der Waals surface area contributed by atoms with Gasteiger partial charge in [0.25, 0.3) is 5.91 Å². The molecule has 0 radical (unpaired) electrons.